The van der Waals surface area contributed by atoms with Gasteiger partial charge in [0.1, 0.15) is 23.8 Å². The molecule has 2 aromatic heterocycles. The van der Waals surface area contributed by atoms with E-state index in [-0.39, 0.29) is 17.5 Å². The largest absolute Gasteiger partial charge is 0.354 e. The van der Waals surface area contributed by atoms with Crippen LogP contribution in [-0.4, -0.2) is 69.5 Å². The molecule has 2 saturated heterocycles. The molecule has 1 atom stereocenters. The molecule has 3 fully saturated rings. The Kier molecular flexibility index (Phi) is 3.71. The van der Waals surface area contributed by atoms with Crippen LogP contribution in [0.4, 0.5) is 10.6 Å². The van der Waals surface area contributed by atoms with Crippen LogP contribution in [0.3, 0.4) is 0 Å². The summed E-state index contributed by atoms with van der Waals surface area (Å²) in [7, 11) is 0. The van der Waals surface area contributed by atoms with Crippen LogP contribution in [0.2, 0.25) is 0 Å². The number of amides is 2. The number of likely N-dealkylation sites (tertiary alicyclic amines) is 1. The summed E-state index contributed by atoms with van der Waals surface area (Å²) in [5.41, 5.74) is 0.998. The Labute approximate surface area is 157 Å². The third-order valence-electron chi connectivity index (χ3n) is 6.20. The number of aromatic nitrogens is 3. The van der Waals surface area contributed by atoms with Crippen LogP contribution in [0.1, 0.15) is 25.7 Å². The third kappa shape index (κ3) is 2.78. The molecule has 8 nitrogen and oxygen atoms in total. The topological polar surface area (TPSA) is 92.2 Å². The number of H-pyrrole nitrogens is 1. The SMILES string of the molecule is N#C[C@H]1CCCN1C(=O)N1CCN(c2ncnc3[nH]ccc23)CC2(CC2)C1. The van der Waals surface area contributed by atoms with Gasteiger partial charge in [0.2, 0.25) is 0 Å². The molecule has 0 radical (unpaired) electrons. The quantitative estimate of drug-likeness (QED) is 0.834. The highest BCUT2D eigenvalue weighted by atomic mass is 16.2. The van der Waals surface area contributed by atoms with Crippen LogP contribution in [0, 0.1) is 16.7 Å². The first-order chi connectivity index (χ1) is 13.2. The van der Waals surface area contributed by atoms with E-state index in [4.69, 9.17) is 0 Å². The molecule has 3 aliphatic rings. The fraction of sp³-hybridized carbons (Fsp3) is 0.579. The maximum Gasteiger partial charge on any atom is 0.321 e. The maximum atomic E-state index is 13.1. The van der Waals surface area contributed by atoms with Gasteiger partial charge < -0.3 is 19.7 Å². The molecule has 5 rings (SSSR count). The molecule has 2 amide bonds. The van der Waals surface area contributed by atoms with Crippen molar-refractivity contribution in [3.63, 3.8) is 0 Å². The first-order valence-corrected chi connectivity index (χ1v) is 9.67. The maximum absolute atomic E-state index is 13.1. The average molecular weight is 365 g/mol. The molecule has 140 valence electrons. The summed E-state index contributed by atoms with van der Waals surface area (Å²) < 4.78 is 0. The van der Waals surface area contributed by atoms with Crippen LogP contribution in [0.15, 0.2) is 18.6 Å². The molecule has 8 heteroatoms. The van der Waals surface area contributed by atoms with Crippen LogP contribution >= 0.6 is 0 Å². The number of carbonyl (C=O) groups excluding carboxylic acids is 1. The first-order valence-electron chi connectivity index (χ1n) is 9.67. The summed E-state index contributed by atoms with van der Waals surface area (Å²) in [6.07, 6.45) is 7.47. The highest BCUT2D eigenvalue weighted by Crippen LogP contribution is 2.48. The monoisotopic (exact) mass is 365 g/mol. The van der Waals surface area contributed by atoms with Crippen LogP contribution in [0.5, 0.6) is 0 Å². The Balaban J connectivity index is 1.40. The predicted molar refractivity (Wildman–Crippen MR) is 100 cm³/mol. The van der Waals surface area contributed by atoms with Gasteiger partial charge in [-0.3, -0.25) is 0 Å². The fourth-order valence-corrected chi connectivity index (χ4v) is 4.52. The number of hydrogen-bond acceptors (Lipinski definition) is 5. The van der Waals surface area contributed by atoms with Crippen molar-refractivity contribution in [1.29, 1.82) is 5.26 Å². The summed E-state index contributed by atoms with van der Waals surface area (Å²) in [5, 5.41) is 10.4. The van der Waals surface area contributed by atoms with Gasteiger partial charge in [-0.1, -0.05) is 0 Å². The van der Waals surface area contributed by atoms with Gasteiger partial charge in [0.25, 0.3) is 0 Å². The van der Waals surface area contributed by atoms with Gasteiger partial charge in [0.05, 0.1) is 11.5 Å². The van der Waals surface area contributed by atoms with Crippen molar-refractivity contribution >= 4 is 22.9 Å². The normalized spacial score (nSPS) is 24.3. The van der Waals surface area contributed by atoms with E-state index in [1.807, 2.05) is 17.2 Å². The van der Waals surface area contributed by atoms with Gasteiger partial charge in [-0.15, -0.1) is 0 Å². The predicted octanol–water partition coefficient (Wildman–Crippen LogP) is 1.97. The number of fused-ring (bicyclic) bond motifs is 1. The molecular formula is C19H23N7O. The molecular weight excluding hydrogens is 342 g/mol. The van der Waals surface area contributed by atoms with Crippen LogP contribution in [0.25, 0.3) is 11.0 Å². The molecule has 1 N–H and O–H groups in total. The van der Waals surface area contributed by atoms with Gasteiger partial charge in [-0.05, 0) is 31.7 Å². The summed E-state index contributed by atoms with van der Waals surface area (Å²) in [6, 6.07) is 4.06. The second-order valence-corrected chi connectivity index (χ2v) is 8.04. The van der Waals surface area contributed by atoms with Crippen molar-refractivity contribution in [3.8, 4) is 6.07 Å². The lowest BCUT2D eigenvalue weighted by atomic mass is 10.1. The third-order valence-corrected chi connectivity index (χ3v) is 6.20. The van der Waals surface area contributed by atoms with E-state index >= 15 is 0 Å². The zero-order valence-electron chi connectivity index (χ0n) is 15.3. The van der Waals surface area contributed by atoms with Gasteiger partial charge in [0.15, 0.2) is 0 Å². The minimum absolute atomic E-state index is 0.0293. The van der Waals surface area contributed by atoms with E-state index in [0.29, 0.717) is 13.1 Å². The van der Waals surface area contributed by atoms with E-state index < -0.39 is 0 Å². The van der Waals surface area contributed by atoms with Crippen LogP contribution in [-0.2, 0) is 0 Å². The number of nitrogens with zero attached hydrogens (tertiary/aromatic N) is 6. The standard InChI is InChI=1S/C19H23N7O/c20-10-14-2-1-7-26(14)18(27)25-9-8-24(11-19(12-25)4-5-19)17-15-3-6-21-16(15)22-13-23-17/h3,6,13-14H,1-2,4-5,7-9,11-12H2,(H,21,22,23)/t14-/m1/s1. The second-order valence-electron chi connectivity index (χ2n) is 8.04. The van der Waals surface area contributed by atoms with Crippen LogP contribution < -0.4 is 4.90 Å². The molecule has 4 heterocycles. The van der Waals surface area contributed by atoms with Gasteiger partial charge in [-0.2, -0.15) is 5.26 Å². The molecule has 0 bridgehead atoms. The zero-order valence-corrected chi connectivity index (χ0v) is 15.3. The molecule has 1 saturated carbocycles. The van der Waals surface area contributed by atoms with E-state index in [9.17, 15) is 10.1 Å². The number of nitriles is 1. The van der Waals surface area contributed by atoms with Crippen molar-refractivity contribution in [2.24, 2.45) is 5.41 Å². The molecule has 0 unspecified atom stereocenters. The minimum Gasteiger partial charge on any atom is -0.354 e. The number of nitrogens with one attached hydrogen (secondary N) is 1. The number of urea groups is 1. The van der Waals surface area contributed by atoms with E-state index in [0.717, 1.165) is 62.2 Å². The van der Waals surface area contributed by atoms with E-state index in [1.54, 1.807) is 11.2 Å². The van der Waals surface area contributed by atoms with Gasteiger partial charge in [0, 0.05) is 44.3 Å². The number of carbonyl (C=O) groups is 1. The Morgan fingerprint density at radius 2 is 2.15 bits per heavy atom. The summed E-state index contributed by atoms with van der Waals surface area (Å²) in [4.78, 5) is 31.1. The zero-order chi connectivity index (χ0) is 18.4. The molecule has 1 aliphatic carbocycles. The van der Waals surface area contributed by atoms with E-state index in [1.165, 1.54) is 0 Å². The molecule has 2 aliphatic heterocycles. The Morgan fingerprint density at radius 1 is 1.26 bits per heavy atom. The number of anilines is 1. The lowest BCUT2D eigenvalue weighted by molar-refractivity contribution is 0.151. The second kappa shape index (κ2) is 6.12. The number of rotatable bonds is 1. The average Bonchev–Trinajstić information content (AvgIpc) is 3.10. The number of aromatic amines is 1. The highest BCUT2D eigenvalue weighted by Gasteiger charge is 2.49. The molecule has 0 aromatic carbocycles. The van der Waals surface area contributed by atoms with Crippen molar-refractivity contribution in [1.82, 2.24) is 24.8 Å². The van der Waals surface area contributed by atoms with Crippen molar-refractivity contribution in [2.75, 3.05) is 37.6 Å². The Bertz CT molecular complexity index is 912. The van der Waals surface area contributed by atoms with Crippen molar-refractivity contribution < 1.29 is 4.79 Å². The van der Waals surface area contributed by atoms with Gasteiger partial charge in [-0.25, -0.2) is 14.8 Å². The van der Waals surface area contributed by atoms with Crippen molar-refractivity contribution in [3.05, 3.63) is 18.6 Å². The lowest BCUT2D eigenvalue weighted by Gasteiger charge is -2.30. The Morgan fingerprint density at radius 3 is 2.96 bits per heavy atom. The first kappa shape index (κ1) is 16.4. The minimum atomic E-state index is -0.270. The van der Waals surface area contributed by atoms with Gasteiger partial charge >= 0.3 is 6.03 Å². The summed E-state index contributed by atoms with van der Waals surface area (Å²) in [6.45, 7) is 3.79. The molecule has 1 spiro atoms. The summed E-state index contributed by atoms with van der Waals surface area (Å²) >= 11 is 0. The smallest absolute Gasteiger partial charge is 0.321 e. The highest BCUT2D eigenvalue weighted by molar-refractivity contribution is 5.87. The fourth-order valence-electron chi connectivity index (χ4n) is 4.52. The Hall–Kier alpha value is -2.82. The molecule has 27 heavy (non-hydrogen) atoms. The molecule has 2 aromatic rings. The number of hydrogen-bond donors (Lipinski definition) is 1. The van der Waals surface area contributed by atoms with Crippen molar-refractivity contribution in [2.45, 2.75) is 31.7 Å². The summed E-state index contributed by atoms with van der Waals surface area (Å²) in [5.74, 6) is 0.942. The van der Waals surface area contributed by atoms with E-state index in [2.05, 4.69) is 25.9 Å². The lowest BCUT2D eigenvalue weighted by Crippen LogP contribution is -2.47.